The van der Waals surface area contributed by atoms with E-state index in [4.69, 9.17) is 4.74 Å². The van der Waals surface area contributed by atoms with Crippen LogP contribution < -0.4 is 0 Å². The van der Waals surface area contributed by atoms with Crippen molar-refractivity contribution < 1.29 is 8.95 Å². The van der Waals surface area contributed by atoms with Crippen LogP contribution >= 0.6 is 11.8 Å². The highest BCUT2D eigenvalue weighted by Gasteiger charge is 2.19. The van der Waals surface area contributed by atoms with E-state index in [1.54, 1.807) is 18.0 Å². The number of aryl methyl sites for hydroxylation is 1. The number of hydrogen-bond acceptors (Lipinski definition) is 8. The number of fused-ring (bicyclic) bond motifs is 1. The molecule has 0 bridgehead atoms. The van der Waals surface area contributed by atoms with Crippen molar-refractivity contribution in [1.82, 2.24) is 24.7 Å². The zero-order valence-corrected chi connectivity index (χ0v) is 18.4. The van der Waals surface area contributed by atoms with Crippen molar-refractivity contribution in [3.8, 4) is 17.5 Å². The van der Waals surface area contributed by atoms with Crippen molar-refractivity contribution in [2.75, 3.05) is 24.6 Å². The van der Waals surface area contributed by atoms with E-state index in [1.165, 1.54) is 11.8 Å². The summed E-state index contributed by atoms with van der Waals surface area (Å²) in [5.74, 6) is 0.984. The number of hydrogen-bond donors (Lipinski definition) is 0. The maximum Gasteiger partial charge on any atom is 0.181 e. The predicted octanol–water partition coefficient (Wildman–Crippen LogP) is 2.87. The number of methoxy groups -OCH3 is 1. The van der Waals surface area contributed by atoms with Gasteiger partial charge in [-0.3, -0.25) is 8.89 Å². The van der Waals surface area contributed by atoms with Crippen LogP contribution in [0.25, 0.3) is 22.4 Å². The van der Waals surface area contributed by atoms with Gasteiger partial charge >= 0.3 is 0 Å². The summed E-state index contributed by atoms with van der Waals surface area (Å²) in [7, 11) is 2.35. The summed E-state index contributed by atoms with van der Waals surface area (Å²) in [5.41, 5.74) is 2.51. The minimum atomic E-state index is -1.07. The van der Waals surface area contributed by atoms with Gasteiger partial charge in [-0.2, -0.15) is 10.4 Å². The van der Waals surface area contributed by atoms with E-state index in [0.29, 0.717) is 45.2 Å². The molecular weight excluding hydrogens is 408 g/mol. The average molecular weight is 431 g/mol. The van der Waals surface area contributed by atoms with E-state index < -0.39 is 10.8 Å². The third kappa shape index (κ3) is 4.98. The van der Waals surface area contributed by atoms with E-state index in [0.717, 1.165) is 10.9 Å². The first-order valence-electron chi connectivity index (χ1n) is 9.01. The molecule has 8 nitrogen and oxygen atoms in total. The number of nitriles is 1. The third-order valence-corrected chi connectivity index (χ3v) is 6.85. The molecule has 0 spiro atoms. The number of thioether (sulfide) groups is 1. The quantitative estimate of drug-likeness (QED) is 0.397. The Balaban J connectivity index is 2.01. The van der Waals surface area contributed by atoms with Gasteiger partial charge in [0.25, 0.3) is 0 Å². The highest BCUT2D eigenvalue weighted by atomic mass is 32.2. The summed E-state index contributed by atoms with van der Waals surface area (Å²) < 4.78 is 18.8. The van der Waals surface area contributed by atoms with Crippen molar-refractivity contribution in [3.05, 3.63) is 29.7 Å². The molecule has 1 atom stereocenters. The number of nitrogens with zero attached hydrogens (tertiary/aromatic N) is 6. The largest absolute Gasteiger partial charge is 0.384 e. The molecule has 3 aromatic rings. The summed E-state index contributed by atoms with van der Waals surface area (Å²) >= 11 is 1.31. The Labute approximate surface area is 176 Å². The molecule has 1 unspecified atom stereocenters. The molecule has 152 valence electrons. The molecular formula is C19H22N6O2S2. The molecule has 0 saturated heterocycles. The molecule has 0 aromatic carbocycles. The maximum absolute atomic E-state index is 12.2. The average Bonchev–Trinajstić information content (AvgIpc) is 3.08. The lowest BCUT2D eigenvalue weighted by Crippen LogP contribution is -2.08. The first-order valence-corrected chi connectivity index (χ1v) is 11.5. The van der Waals surface area contributed by atoms with Crippen LogP contribution in [0.1, 0.15) is 31.0 Å². The number of aromatic nitrogens is 5. The highest BCUT2D eigenvalue weighted by Crippen LogP contribution is 2.30. The summed E-state index contributed by atoms with van der Waals surface area (Å²) in [6, 6.07) is 4.16. The van der Waals surface area contributed by atoms with Crippen molar-refractivity contribution >= 4 is 33.6 Å². The molecule has 3 aromatic heterocycles. The molecule has 29 heavy (non-hydrogen) atoms. The Morgan fingerprint density at radius 2 is 2.17 bits per heavy atom. The molecule has 0 amide bonds. The molecule has 10 heteroatoms. The van der Waals surface area contributed by atoms with Gasteiger partial charge in [0.2, 0.25) is 0 Å². The van der Waals surface area contributed by atoms with Crippen LogP contribution in [0.2, 0.25) is 0 Å². The second-order valence-corrected chi connectivity index (χ2v) is 9.62. The Hall–Kier alpha value is -2.35. The second kappa shape index (κ2) is 9.43. The Morgan fingerprint density at radius 3 is 2.86 bits per heavy atom. The van der Waals surface area contributed by atoms with Gasteiger partial charge in [0.15, 0.2) is 11.5 Å². The summed E-state index contributed by atoms with van der Waals surface area (Å²) in [5, 5.41) is 15.8. The fraction of sp³-hybridized carbons (Fsp3) is 0.421. The lowest BCUT2D eigenvalue weighted by molar-refractivity contribution is 0.218. The van der Waals surface area contributed by atoms with Crippen LogP contribution in [0, 0.1) is 11.3 Å². The van der Waals surface area contributed by atoms with E-state index >= 15 is 0 Å². The highest BCUT2D eigenvalue weighted by molar-refractivity contribution is 8.10. The Bertz CT molecular complexity index is 1090. The number of rotatable bonds is 8. The minimum absolute atomic E-state index is 0.0415. The lowest BCUT2D eigenvalue weighted by atomic mass is 10.1. The molecule has 0 aliphatic rings. The van der Waals surface area contributed by atoms with Gasteiger partial charge in [-0.25, -0.2) is 15.0 Å². The SMILES string of the molecule is COCCS(=O)CSc1nc(-c2cnc3nn(C)cc3c2)nc(C(C)C)c1C#N. The molecule has 0 aliphatic heterocycles. The maximum atomic E-state index is 12.2. The molecule has 0 N–H and O–H groups in total. The summed E-state index contributed by atoms with van der Waals surface area (Å²) in [4.78, 5) is 13.7. The number of pyridine rings is 1. The van der Waals surface area contributed by atoms with Gasteiger partial charge in [0.05, 0.1) is 17.4 Å². The van der Waals surface area contributed by atoms with E-state index in [1.807, 2.05) is 33.2 Å². The topological polar surface area (TPSA) is 107 Å². The molecule has 0 radical (unpaired) electrons. The van der Waals surface area contributed by atoms with Crippen molar-refractivity contribution in [1.29, 1.82) is 5.26 Å². The Morgan fingerprint density at radius 1 is 1.38 bits per heavy atom. The summed E-state index contributed by atoms with van der Waals surface area (Å²) in [6.45, 7) is 4.41. The van der Waals surface area contributed by atoms with Gasteiger partial charge < -0.3 is 4.74 Å². The smallest absolute Gasteiger partial charge is 0.181 e. The van der Waals surface area contributed by atoms with Gasteiger partial charge in [-0.15, -0.1) is 0 Å². The minimum Gasteiger partial charge on any atom is -0.384 e. The molecule has 3 heterocycles. The first kappa shape index (κ1) is 21.4. The second-order valence-electron chi connectivity index (χ2n) is 6.72. The standard InChI is InChI=1S/C19H22N6O2S2/c1-12(2)16-15(8-20)19(28-11-29(26)6-5-27-4)23-18(22-16)13-7-14-10-25(3)24-17(14)21-9-13/h7,9-10,12H,5-6,11H2,1-4H3. The first-order chi connectivity index (χ1) is 13.9. The van der Waals surface area contributed by atoms with Gasteiger partial charge in [-0.1, -0.05) is 25.6 Å². The zero-order chi connectivity index (χ0) is 21.0. The van der Waals surface area contributed by atoms with Crippen LogP contribution in [0.4, 0.5) is 0 Å². The van der Waals surface area contributed by atoms with Crippen molar-refractivity contribution in [2.24, 2.45) is 7.05 Å². The van der Waals surface area contributed by atoms with Crippen molar-refractivity contribution in [3.63, 3.8) is 0 Å². The van der Waals surface area contributed by atoms with Gasteiger partial charge in [0.1, 0.15) is 16.7 Å². The van der Waals surface area contributed by atoms with Crippen LogP contribution in [-0.4, -0.2) is 53.5 Å². The number of ether oxygens (including phenoxy) is 1. The molecule has 0 fully saturated rings. The zero-order valence-electron chi connectivity index (χ0n) is 16.7. The predicted molar refractivity (Wildman–Crippen MR) is 114 cm³/mol. The molecule has 0 saturated carbocycles. The van der Waals surface area contributed by atoms with Crippen LogP contribution in [0.3, 0.4) is 0 Å². The third-order valence-electron chi connectivity index (χ3n) is 4.14. The molecule has 0 aliphatic carbocycles. The Kier molecular flexibility index (Phi) is 6.95. The van der Waals surface area contributed by atoms with E-state index in [-0.39, 0.29) is 5.92 Å². The van der Waals surface area contributed by atoms with Crippen LogP contribution in [0.5, 0.6) is 0 Å². The monoisotopic (exact) mass is 430 g/mol. The van der Waals surface area contributed by atoms with E-state index in [9.17, 15) is 9.47 Å². The normalized spacial score (nSPS) is 12.4. The molecule has 3 rings (SSSR count). The van der Waals surface area contributed by atoms with Crippen LogP contribution in [-0.2, 0) is 22.6 Å². The van der Waals surface area contributed by atoms with E-state index in [2.05, 4.69) is 26.1 Å². The summed E-state index contributed by atoms with van der Waals surface area (Å²) in [6.07, 6.45) is 3.57. The fourth-order valence-electron chi connectivity index (χ4n) is 2.72. The van der Waals surface area contributed by atoms with Crippen LogP contribution in [0.15, 0.2) is 23.5 Å². The fourth-order valence-corrected chi connectivity index (χ4v) is 4.97. The van der Waals surface area contributed by atoms with Crippen molar-refractivity contribution in [2.45, 2.75) is 24.8 Å². The van der Waals surface area contributed by atoms with Gasteiger partial charge in [-0.05, 0) is 12.0 Å². The van der Waals surface area contributed by atoms with Gasteiger partial charge in [0, 0.05) is 54.1 Å². The lowest BCUT2D eigenvalue weighted by Gasteiger charge is -2.13.